The maximum atomic E-state index is 12.2. The minimum Gasteiger partial charge on any atom is -0.480 e. The Bertz CT molecular complexity index is 718. The van der Waals surface area contributed by atoms with Gasteiger partial charge < -0.3 is 25.2 Å². The van der Waals surface area contributed by atoms with E-state index in [1.54, 1.807) is 0 Å². The van der Waals surface area contributed by atoms with E-state index >= 15 is 0 Å². The number of nitrogens with zero attached hydrogens (tertiary/aromatic N) is 1. The molecule has 0 spiro atoms. The largest absolute Gasteiger partial charge is 0.480 e. The number of aliphatic carboxylic acids is 4. The molecule has 12 nitrogen and oxygen atoms in total. The molecule has 0 bridgehead atoms. The van der Waals surface area contributed by atoms with Crippen molar-refractivity contribution in [3.05, 3.63) is 0 Å². The first kappa shape index (κ1) is 29.1. The zero-order chi connectivity index (χ0) is 25.1. The first-order valence-corrected chi connectivity index (χ1v) is 10.1. The fourth-order valence-electron chi connectivity index (χ4n) is 3.11. The smallest absolute Gasteiger partial charge is 0.372 e. The molecule has 1 unspecified atom stereocenters. The summed E-state index contributed by atoms with van der Waals surface area (Å²) in [5.74, 6) is -8.07. The summed E-state index contributed by atoms with van der Waals surface area (Å²) < 4.78 is 5.53. The highest BCUT2D eigenvalue weighted by molar-refractivity contribution is 6.32. The molecule has 0 aromatic heterocycles. The molecule has 0 heterocycles. The molecule has 0 aromatic carbocycles. The van der Waals surface area contributed by atoms with Crippen molar-refractivity contribution < 1.29 is 53.9 Å². The van der Waals surface area contributed by atoms with E-state index in [9.17, 15) is 39.0 Å². The van der Waals surface area contributed by atoms with Gasteiger partial charge in [0.25, 0.3) is 0 Å². The van der Waals surface area contributed by atoms with Crippen LogP contribution in [0.15, 0.2) is 0 Å². The molecule has 0 saturated carbocycles. The summed E-state index contributed by atoms with van der Waals surface area (Å²) in [5, 5.41) is 36.7. The molecule has 0 radical (unpaired) electrons. The average Bonchev–Trinajstić information content (AvgIpc) is 2.67. The Morgan fingerprint density at radius 1 is 0.875 bits per heavy atom. The van der Waals surface area contributed by atoms with Gasteiger partial charge in [-0.25, -0.2) is 14.4 Å². The van der Waals surface area contributed by atoms with Crippen molar-refractivity contribution in [2.24, 2.45) is 5.92 Å². The zero-order valence-corrected chi connectivity index (χ0v) is 18.4. The van der Waals surface area contributed by atoms with Gasteiger partial charge in [-0.05, 0) is 38.6 Å². The predicted molar refractivity (Wildman–Crippen MR) is 108 cm³/mol. The van der Waals surface area contributed by atoms with Crippen molar-refractivity contribution in [3.8, 4) is 0 Å². The summed E-state index contributed by atoms with van der Waals surface area (Å²) >= 11 is 0. The minimum atomic E-state index is -2.00. The highest BCUT2D eigenvalue weighted by Gasteiger charge is 2.42. The third-order valence-corrected chi connectivity index (χ3v) is 4.79. The third kappa shape index (κ3) is 9.96. The molecule has 12 heteroatoms. The molecule has 0 aromatic rings. The van der Waals surface area contributed by atoms with Crippen LogP contribution in [0.2, 0.25) is 0 Å². The van der Waals surface area contributed by atoms with Gasteiger partial charge in [-0.2, -0.15) is 0 Å². The maximum absolute atomic E-state index is 12.2. The van der Waals surface area contributed by atoms with Gasteiger partial charge in [0.2, 0.25) is 11.6 Å². The quantitative estimate of drug-likeness (QED) is 0.163. The average molecular weight is 461 g/mol. The van der Waals surface area contributed by atoms with Crippen LogP contribution in [0.4, 0.5) is 0 Å². The molecule has 0 aliphatic heterocycles. The van der Waals surface area contributed by atoms with Crippen molar-refractivity contribution in [2.45, 2.75) is 64.0 Å². The summed E-state index contributed by atoms with van der Waals surface area (Å²) in [6, 6.07) is -1.02. The lowest BCUT2D eigenvalue weighted by molar-refractivity contribution is -0.173. The van der Waals surface area contributed by atoms with Crippen molar-refractivity contribution in [3.63, 3.8) is 0 Å². The lowest BCUT2D eigenvalue weighted by atomic mass is 9.93. The summed E-state index contributed by atoms with van der Waals surface area (Å²) in [6.45, 7) is 2.91. The molecule has 2 atom stereocenters. The second kappa shape index (κ2) is 13.5. The number of Topliss-reactive ketones (excluding diaryl/α,β-unsaturated/α-hetero) is 2. The van der Waals surface area contributed by atoms with Gasteiger partial charge in [-0.1, -0.05) is 13.8 Å². The van der Waals surface area contributed by atoms with Crippen molar-refractivity contribution in [1.82, 2.24) is 4.90 Å². The lowest BCUT2D eigenvalue weighted by Gasteiger charge is -2.36. The SMILES string of the molecule is CC(C)C[C@@H](C(=O)O)N(C)CC(CCCC(=O)C(=O)O)(OCCCC(=O)C(=O)O)C(=O)O. The van der Waals surface area contributed by atoms with Gasteiger partial charge in [0.1, 0.15) is 6.04 Å². The van der Waals surface area contributed by atoms with Crippen LogP contribution < -0.4 is 0 Å². The highest BCUT2D eigenvalue weighted by Crippen LogP contribution is 2.25. The van der Waals surface area contributed by atoms with Crippen LogP contribution in [0.5, 0.6) is 0 Å². The molecule has 0 aliphatic carbocycles. The summed E-state index contributed by atoms with van der Waals surface area (Å²) in [5.41, 5.74) is -2.00. The number of carbonyl (C=O) groups excluding carboxylic acids is 2. The van der Waals surface area contributed by atoms with Gasteiger partial charge >= 0.3 is 23.9 Å². The third-order valence-electron chi connectivity index (χ3n) is 4.79. The topological polar surface area (TPSA) is 196 Å². The molecule has 0 fully saturated rings. The van der Waals surface area contributed by atoms with Crippen LogP contribution in [0.1, 0.15) is 52.4 Å². The standard InChI is InChI=1S/C20H31NO11/c1-12(2)10-13(16(24)25)21(3)11-20(19(30)31,8-4-6-14(22)17(26)27)32-9-5-7-15(23)18(28)29/h12-13H,4-11H2,1-3H3,(H,24,25)(H,26,27)(H,28,29)(H,30,31)/t13-,20?/m0/s1. The Labute approximate surface area is 185 Å². The lowest BCUT2D eigenvalue weighted by Crippen LogP contribution is -2.54. The van der Waals surface area contributed by atoms with E-state index < -0.39 is 53.5 Å². The first-order chi connectivity index (χ1) is 14.7. The molecular formula is C20H31NO11. The van der Waals surface area contributed by atoms with Crippen LogP contribution in [-0.2, 0) is 33.5 Å². The van der Waals surface area contributed by atoms with Crippen LogP contribution >= 0.6 is 0 Å². The highest BCUT2D eigenvalue weighted by atomic mass is 16.5. The van der Waals surface area contributed by atoms with Crippen molar-refractivity contribution in [2.75, 3.05) is 20.2 Å². The number of carboxylic acids is 4. The van der Waals surface area contributed by atoms with Gasteiger partial charge in [0.15, 0.2) is 5.60 Å². The molecule has 0 amide bonds. The van der Waals surface area contributed by atoms with Crippen LogP contribution in [0.3, 0.4) is 0 Å². The van der Waals surface area contributed by atoms with E-state index in [1.165, 1.54) is 11.9 Å². The van der Waals surface area contributed by atoms with Gasteiger partial charge in [-0.3, -0.25) is 19.3 Å². The number of hydrogen-bond acceptors (Lipinski definition) is 8. The fourth-order valence-corrected chi connectivity index (χ4v) is 3.11. The Kier molecular flexibility index (Phi) is 12.3. The van der Waals surface area contributed by atoms with Crippen molar-refractivity contribution in [1.29, 1.82) is 0 Å². The maximum Gasteiger partial charge on any atom is 0.372 e. The van der Waals surface area contributed by atoms with Crippen LogP contribution in [0.25, 0.3) is 0 Å². The van der Waals surface area contributed by atoms with Crippen molar-refractivity contribution >= 4 is 35.4 Å². The van der Waals surface area contributed by atoms with E-state index in [-0.39, 0.29) is 51.2 Å². The van der Waals surface area contributed by atoms with Gasteiger partial charge in [-0.15, -0.1) is 0 Å². The monoisotopic (exact) mass is 461 g/mol. The fraction of sp³-hybridized carbons (Fsp3) is 0.700. The number of likely N-dealkylation sites (N-methyl/N-ethyl adjacent to an activating group) is 1. The van der Waals surface area contributed by atoms with E-state index in [0.29, 0.717) is 0 Å². The molecule has 32 heavy (non-hydrogen) atoms. The summed E-state index contributed by atoms with van der Waals surface area (Å²) in [7, 11) is 1.42. The van der Waals surface area contributed by atoms with E-state index in [1.807, 2.05) is 13.8 Å². The van der Waals surface area contributed by atoms with E-state index in [4.69, 9.17) is 14.9 Å². The number of hydrogen-bond donors (Lipinski definition) is 4. The van der Waals surface area contributed by atoms with Gasteiger partial charge in [0, 0.05) is 26.0 Å². The molecular weight excluding hydrogens is 430 g/mol. The Balaban J connectivity index is 5.57. The Morgan fingerprint density at radius 2 is 1.38 bits per heavy atom. The second-order valence-corrected chi connectivity index (χ2v) is 7.96. The van der Waals surface area contributed by atoms with E-state index in [2.05, 4.69) is 0 Å². The van der Waals surface area contributed by atoms with E-state index in [0.717, 1.165) is 0 Å². The van der Waals surface area contributed by atoms with Crippen LogP contribution in [-0.4, -0.2) is 92.6 Å². The Hall–Kier alpha value is -2.86. The summed E-state index contributed by atoms with van der Waals surface area (Å²) in [6.07, 6.45) is -1.14. The number of carbonyl (C=O) groups is 6. The second-order valence-electron chi connectivity index (χ2n) is 7.96. The number of ether oxygens (including phenoxy) is 1. The molecule has 0 aliphatic rings. The normalized spacial score (nSPS) is 14.0. The number of rotatable bonds is 18. The minimum absolute atomic E-state index is 0.00563. The summed E-state index contributed by atoms with van der Waals surface area (Å²) in [4.78, 5) is 69.0. The molecule has 4 N–H and O–H groups in total. The Morgan fingerprint density at radius 3 is 1.78 bits per heavy atom. The molecule has 0 saturated heterocycles. The molecule has 0 rings (SSSR count). The van der Waals surface area contributed by atoms with Crippen LogP contribution in [0, 0.1) is 5.92 Å². The predicted octanol–water partition coefficient (Wildman–Crippen LogP) is 0.515. The van der Waals surface area contributed by atoms with Gasteiger partial charge in [0.05, 0.1) is 0 Å². The molecule has 182 valence electrons. The first-order valence-electron chi connectivity index (χ1n) is 10.1. The number of ketones is 2. The number of carboxylic acid groups (broad SMARTS) is 4. The zero-order valence-electron chi connectivity index (χ0n) is 18.4.